The fourth-order valence-electron chi connectivity index (χ4n) is 1.21. The highest BCUT2D eigenvalue weighted by molar-refractivity contribution is 5.67. The lowest BCUT2D eigenvalue weighted by atomic mass is 10.0. The second-order valence-corrected chi connectivity index (χ2v) is 3.03. The van der Waals surface area contributed by atoms with Gasteiger partial charge in [0, 0.05) is 6.42 Å². The zero-order valence-electron chi connectivity index (χ0n) is 8.12. The van der Waals surface area contributed by atoms with Gasteiger partial charge in [0.15, 0.2) is 0 Å². The molecule has 1 radical (unpaired) electrons. The molecule has 0 saturated heterocycles. The fourth-order valence-corrected chi connectivity index (χ4v) is 1.21. The number of benzene rings is 1. The zero-order chi connectivity index (χ0) is 10.6. The van der Waals surface area contributed by atoms with E-state index in [2.05, 4.69) is 6.92 Å². The van der Waals surface area contributed by atoms with Crippen LogP contribution in [0.15, 0.2) is 18.2 Å². The van der Waals surface area contributed by atoms with Crippen LogP contribution in [0.2, 0.25) is 0 Å². The van der Waals surface area contributed by atoms with Crippen LogP contribution in [0.5, 0.6) is 5.75 Å². The van der Waals surface area contributed by atoms with Crippen LogP contribution in [0.25, 0.3) is 0 Å². The van der Waals surface area contributed by atoms with Crippen LogP contribution >= 0.6 is 0 Å². The quantitative estimate of drug-likeness (QED) is 0.794. The lowest BCUT2D eigenvalue weighted by molar-refractivity contribution is -0.136. The van der Waals surface area contributed by atoms with Gasteiger partial charge in [0.05, 0.1) is 7.11 Å². The maximum absolute atomic E-state index is 10.4. The number of ether oxygens (including phenoxy) is 1. The summed E-state index contributed by atoms with van der Waals surface area (Å²) in [6.07, 6.45) is 0.646. The molecule has 3 nitrogen and oxygen atoms in total. The van der Waals surface area contributed by atoms with Gasteiger partial charge in [-0.25, -0.2) is 0 Å². The third-order valence-corrected chi connectivity index (χ3v) is 2.02. The molecule has 0 fully saturated rings. The van der Waals surface area contributed by atoms with E-state index >= 15 is 0 Å². The first-order valence-electron chi connectivity index (χ1n) is 4.34. The Morgan fingerprint density at radius 1 is 1.57 bits per heavy atom. The molecule has 14 heavy (non-hydrogen) atoms. The number of carboxylic acids is 1. The van der Waals surface area contributed by atoms with Crippen LogP contribution < -0.4 is 4.74 Å². The Bertz CT molecular complexity index is 331. The van der Waals surface area contributed by atoms with E-state index in [0.29, 0.717) is 6.42 Å². The summed E-state index contributed by atoms with van der Waals surface area (Å²) < 4.78 is 5.02. The highest BCUT2D eigenvalue weighted by Crippen LogP contribution is 2.17. The van der Waals surface area contributed by atoms with Crippen molar-refractivity contribution in [2.45, 2.75) is 12.8 Å². The van der Waals surface area contributed by atoms with Crippen molar-refractivity contribution in [2.24, 2.45) is 0 Å². The summed E-state index contributed by atoms with van der Waals surface area (Å²) in [6.45, 7) is 3.83. The molecule has 0 aliphatic rings. The number of aryl methyl sites for hydroxylation is 1. The molecule has 0 aromatic heterocycles. The van der Waals surface area contributed by atoms with E-state index < -0.39 is 5.97 Å². The van der Waals surface area contributed by atoms with Gasteiger partial charge in [-0.15, -0.1) is 0 Å². The molecule has 0 heterocycles. The molecule has 0 unspecified atom stereocenters. The Kier molecular flexibility index (Phi) is 3.51. The molecule has 0 amide bonds. The molecule has 0 saturated carbocycles. The lowest BCUT2D eigenvalue weighted by Crippen LogP contribution is -1.99. The molecule has 75 valence electrons. The molecule has 0 bridgehead atoms. The second kappa shape index (κ2) is 4.65. The van der Waals surface area contributed by atoms with Crippen LogP contribution in [-0.2, 0) is 11.2 Å². The molecule has 0 spiro atoms. The standard InChI is InChI=1S/C11H13O3/c1-8-7-10(14-2)5-3-9(8)4-6-11(12)13/h3,5,7H,1,4,6H2,2H3,(H,12,13). The lowest BCUT2D eigenvalue weighted by Gasteiger charge is -2.06. The Hall–Kier alpha value is -1.51. The molecule has 0 aliphatic carbocycles. The molecule has 0 atom stereocenters. The first kappa shape index (κ1) is 10.6. The van der Waals surface area contributed by atoms with Gasteiger partial charge >= 0.3 is 5.97 Å². The summed E-state index contributed by atoms with van der Waals surface area (Å²) in [5, 5.41) is 8.52. The van der Waals surface area contributed by atoms with Crippen LogP contribution in [0.4, 0.5) is 0 Å². The molecule has 0 aliphatic heterocycles. The maximum Gasteiger partial charge on any atom is 0.303 e. The summed E-state index contributed by atoms with van der Waals surface area (Å²) in [5.74, 6) is -0.0470. The summed E-state index contributed by atoms with van der Waals surface area (Å²) >= 11 is 0. The van der Waals surface area contributed by atoms with E-state index in [1.807, 2.05) is 12.1 Å². The van der Waals surface area contributed by atoms with Crippen molar-refractivity contribution in [1.82, 2.24) is 0 Å². The minimum absolute atomic E-state index is 0.134. The van der Waals surface area contributed by atoms with E-state index in [-0.39, 0.29) is 6.42 Å². The number of hydrogen-bond donors (Lipinski definition) is 1. The predicted octanol–water partition coefficient (Wildman–Crippen LogP) is 1.89. The van der Waals surface area contributed by atoms with Gasteiger partial charge in [-0.2, -0.15) is 0 Å². The van der Waals surface area contributed by atoms with Crippen molar-refractivity contribution >= 4 is 5.97 Å². The maximum atomic E-state index is 10.4. The molecule has 3 heteroatoms. The van der Waals surface area contributed by atoms with Crippen molar-refractivity contribution in [2.75, 3.05) is 7.11 Å². The fraction of sp³-hybridized carbons (Fsp3) is 0.273. The summed E-state index contributed by atoms with van der Waals surface area (Å²) in [7, 11) is 1.59. The summed E-state index contributed by atoms with van der Waals surface area (Å²) in [4.78, 5) is 10.4. The van der Waals surface area contributed by atoms with Crippen LogP contribution in [0.3, 0.4) is 0 Å². The summed E-state index contributed by atoms with van der Waals surface area (Å²) in [6, 6.07) is 5.47. The Balaban J connectivity index is 2.73. The molecule has 1 aromatic carbocycles. The van der Waals surface area contributed by atoms with Gasteiger partial charge in [0.25, 0.3) is 0 Å². The predicted molar refractivity (Wildman–Crippen MR) is 53.4 cm³/mol. The number of aliphatic carboxylic acids is 1. The molecular formula is C11H13O3. The van der Waals surface area contributed by atoms with Crippen molar-refractivity contribution in [3.8, 4) is 5.75 Å². The average Bonchev–Trinajstić information content (AvgIpc) is 2.15. The van der Waals surface area contributed by atoms with Crippen molar-refractivity contribution in [1.29, 1.82) is 0 Å². The summed E-state index contributed by atoms with van der Waals surface area (Å²) in [5.41, 5.74) is 1.78. The molecule has 1 N–H and O–H groups in total. The van der Waals surface area contributed by atoms with Crippen molar-refractivity contribution < 1.29 is 14.6 Å². The van der Waals surface area contributed by atoms with E-state index in [1.165, 1.54) is 0 Å². The number of carboxylic acid groups (broad SMARTS) is 1. The highest BCUT2D eigenvalue weighted by atomic mass is 16.5. The van der Waals surface area contributed by atoms with Gasteiger partial charge in [-0.05, 0) is 36.6 Å². The Morgan fingerprint density at radius 3 is 2.79 bits per heavy atom. The van der Waals surface area contributed by atoms with Crippen molar-refractivity contribution in [3.63, 3.8) is 0 Å². The highest BCUT2D eigenvalue weighted by Gasteiger charge is 2.03. The van der Waals surface area contributed by atoms with Crippen LogP contribution in [0.1, 0.15) is 17.5 Å². The minimum Gasteiger partial charge on any atom is -0.497 e. The van der Waals surface area contributed by atoms with E-state index in [1.54, 1.807) is 13.2 Å². The van der Waals surface area contributed by atoms with Gasteiger partial charge in [-0.3, -0.25) is 4.79 Å². The third-order valence-electron chi connectivity index (χ3n) is 2.02. The number of rotatable bonds is 4. The zero-order valence-corrected chi connectivity index (χ0v) is 8.12. The largest absolute Gasteiger partial charge is 0.497 e. The topological polar surface area (TPSA) is 46.5 Å². The molecule has 1 rings (SSSR count). The van der Waals surface area contributed by atoms with Crippen LogP contribution in [0, 0.1) is 6.92 Å². The average molecular weight is 193 g/mol. The third kappa shape index (κ3) is 2.76. The number of carbonyl (C=O) groups is 1. The van der Waals surface area contributed by atoms with Crippen LogP contribution in [-0.4, -0.2) is 18.2 Å². The van der Waals surface area contributed by atoms with Gasteiger partial charge in [0.2, 0.25) is 0 Å². The first-order chi connectivity index (χ1) is 6.63. The molecule has 1 aromatic rings. The Morgan fingerprint density at radius 2 is 2.29 bits per heavy atom. The monoisotopic (exact) mass is 193 g/mol. The molecular weight excluding hydrogens is 180 g/mol. The van der Waals surface area contributed by atoms with E-state index in [4.69, 9.17) is 9.84 Å². The second-order valence-electron chi connectivity index (χ2n) is 3.03. The van der Waals surface area contributed by atoms with Gasteiger partial charge in [-0.1, -0.05) is 6.07 Å². The first-order valence-corrected chi connectivity index (χ1v) is 4.34. The number of hydrogen-bond acceptors (Lipinski definition) is 2. The van der Waals surface area contributed by atoms with E-state index in [0.717, 1.165) is 16.9 Å². The Labute approximate surface area is 83.3 Å². The van der Waals surface area contributed by atoms with Gasteiger partial charge < -0.3 is 9.84 Å². The minimum atomic E-state index is -0.791. The number of methoxy groups -OCH3 is 1. The normalized spacial score (nSPS) is 9.86. The van der Waals surface area contributed by atoms with E-state index in [9.17, 15) is 4.79 Å². The van der Waals surface area contributed by atoms with Crippen molar-refractivity contribution in [3.05, 3.63) is 36.2 Å². The SMILES string of the molecule is [CH2]c1cc(OC)ccc1CCC(=O)O. The smallest absolute Gasteiger partial charge is 0.303 e. The van der Waals surface area contributed by atoms with Gasteiger partial charge in [0.1, 0.15) is 5.75 Å².